The van der Waals surface area contributed by atoms with Crippen LogP contribution in [0.2, 0.25) is 10.0 Å². The first kappa shape index (κ1) is 21.9. The maximum Gasteiger partial charge on any atom is 0.258 e. The Labute approximate surface area is 174 Å². The van der Waals surface area contributed by atoms with Crippen LogP contribution in [0.1, 0.15) is 21.5 Å². The number of carbonyl (C=O) groups is 2. The van der Waals surface area contributed by atoms with Gasteiger partial charge in [-0.05, 0) is 37.6 Å². The van der Waals surface area contributed by atoms with E-state index in [1.807, 2.05) is 32.0 Å². The molecule has 2 amide bonds. The van der Waals surface area contributed by atoms with E-state index >= 15 is 0 Å². The Kier molecular flexibility index (Phi) is 7.96. The normalized spacial score (nSPS) is 10.3. The molecule has 0 aromatic heterocycles. The molecule has 150 valence electrons. The van der Waals surface area contributed by atoms with E-state index in [1.165, 1.54) is 13.2 Å². The molecule has 0 aliphatic carbocycles. The Morgan fingerprint density at radius 2 is 1.68 bits per heavy atom. The summed E-state index contributed by atoms with van der Waals surface area (Å²) in [6.45, 7) is 4.25. The van der Waals surface area contributed by atoms with Gasteiger partial charge in [-0.1, -0.05) is 40.9 Å². The zero-order chi connectivity index (χ0) is 20.7. The molecule has 0 atom stereocenters. The Morgan fingerprint density at radius 3 is 2.36 bits per heavy atom. The first-order chi connectivity index (χ1) is 13.3. The quantitative estimate of drug-likeness (QED) is 0.635. The van der Waals surface area contributed by atoms with Crippen LogP contribution in [0.25, 0.3) is 0 Å². The van der Waals surface area contributed by atoms with E-state index in [-0.39, 0.29) is 47.0 Å². The fourth-order valence-corrected chi connectivity index (χ4v) is 3.04. The number of methoxy groups -OCH3 is 1. The molecule has 0 saturated heterocycles. The molecule has 28 heavy (non-hydrogen) atoms. The lowest BCUT2D eigenvalue weighted by Gasteiger charge is -2.13. The molecule has 6 nitrogen and oxygen atoms in total. The van der Waals surface area contributed by atoms with Gasteiger partial charge in [-0.2, -0.15) is 0 Å². The van der Waals surface area contributed by atoms with Crippen molar-refractivity contribution < 1.29 is 19.1 Å². The fraction of sp³-hybridized carbons (Fsp3) is 0.300. The van der Waals surface area contributed by atoms with Crippen LogP contribution in [-0.4, -0.2) is 38.6 Å². The average molecular weight is 425 g/mol. The van der Waals surface area contributed by atoms with Gasteiger partial charge in [0.1, 0.15) is 11.3 Å². The molecule has 0 spiro atoms. The van der Waals surface area contributed by atoms with Crippen molar-refractivity contribution in [3.05, 3.63) is 57.1 Å². The van der Waals surface area contributed by atoms with E-state index in [0.29, 0.717) is 5.75 Å². The zero-order valence-electron chi connectivity index (χ0n) is 15.9. The number of hydrogen-bond acceptors (Lipinski definition) is 4. The minimum atomic E-state index is -0.440. The number of rotatable bonds is 8. The molecule has 0 unspecified atom stereocenters. The Morgan fingerprint density at radius 1 is 1.00 bits per heavy atom. The summed E-state index contributed by atoms with van der Waals surface area (Å²) in [6.07, 6.45) is 0. The SMILES string of the molecule is COc1c(Cl)ccc(Cl)c1C(=O)NCCNC(=O)COc1ccc(C)cc1C. The lowest BCUT2D eigenvalue weighted by atomic mass is 10.1. The lowest BCUT2D eigenvalue weighted by molar-refractivity contribution is -0.123. The molecular formula is C20H22Cl2N2O4. The van der Waals surface area contributed by atoms with Crippen molar-refractivity contribution in [2.24, 2.45) is 0 Å². The van der Waals surface area contributed by atoms with E-state index in [9.17, 15) is 9.59 Å². The van der Waals surface area contributed by atoms with E-state index < -0.39 is 5.91 Å². The molecule has 0 bridgehead atoms. The summed E-state index contributed by atoms with van der Waals surface area (Å²) < 4.78 is 10.7. The summed E-state index contributed by atoms with van der Waals surface area (Å²) in [7, 11) is 1.41. The Balaban J connectivity index is 1.79. The monoisotopic (exact) mass is 424 g/mol. The predicted molar refractivity (Wildman–Crippen MR) is 110 cm³/mol. The Hall–Kier alpha value is -2.44. The van der Waals surface area contributed by atoms with E-state index in [1.54, 1.807) is 6.07 Å². The van der Waals surface area contributed by atoms with Crippen LogP contribution in [0.3, 0.4) is 0 Å². The number of amides is 2. The highest BCUT2D eigenvalue weighted by molar-refractivity contribution is 6.37. The number of carbonyl (C=O) groups excluding carboxylic acids is 2. The van der Waals surface area contributed by atoms with Gasteiger partial charge in [0.15, 0.2) is 12.4 Å². The number of ether oxygens (including phenoxy) is 2. The molecule has 0 aliphatic rings. The van der Waals surface area contributed by atoms with Gasteiger partial charge >= 0.3 is 0 Å². The third-order valence-corrected chi connectivity index (χ3v) is 4.52. The molecule has 0 saturated carbocycles. The van der Waals surface area contributed by atoms with Crippen LogP contribution < -0.4 is 20.1 Å². The maximum absolute atomic E-state index is 12.3. The summed E-state index contributed by atoms with van der Waals surface area (Å²) in [5, 5.41) is 5.86. The van der Waals surface area contributed by atoms with Crippen molar-refractivity contribution in [2.75, 3.05) is 26.8 Å². The maximum atomic E-state index is 12.3. The number of benzene rings is 2. The second-order valence-electron chi connectivity index (χ2n) is 6.10. The van der Waals surface area contributed by atoms with E-state index in [4.69, 9.17) is 32.7 Å². The van der Waals surface area contributed by atoms with Crippen molar-refractivity contribution in [3.8, 4) is 11.5 Å². The molecule has 0 radical (unpaired) electrons. The molecule has 0 fully saturated rings. The smallest absolute Gasteiger partial charge is 0.258 e. The van der Waals surface area contributed by atoms with Gasteiger partial charge in [0.2, 0.25) is 0 Å². The first-order valence-electron chi connectivity index (χ1n) is 8.60. The summed E-state index contributed by atoms with van der Waals surface area (Å²) in [5.41, 5.74) is 2.25. The lowest BCUT2D eigenvalue weighted by Crippen LogP contribution is -2.37. The van der Waals surface area contributed by atoms with Gasteiger partial charge in [-0.25, -0.2) is 0 Å². The summed E-state index contributed by atoms with van der Waals surface area (Å²) in [4.78, 5) is 24.2. The van der Waals surface area contributed by atoms with Gasteiger partial charge in [0.25, 0.3) is 11.8 Å². The van der Waals surface area contributed by atoms with Crippen LogP contribution in [0, 0.1) is 13.8 Å². The van der Waals surface area contributed by atoms with Crippen LogP contribution in [0.4, 0.5) is 0 Å². The van der Waals surface area contributed by atoms with Crippen molar-refractivity contribution >= 4 is 35.0 Å². The molecule has 8 heteroatoms. The number of halogens is 2. The van der Waals surface area contributed by atoms with Crippen molar-refractivity contribution in [2.45, 2.75) is 13.8 Å². The molecule has 2 rings (SSSR count). The molecule has 2 aromatic rings. The molecular weight excluding hydrogens is 403 g/mol. The van der Waals surface area contributed by atoms with E-state index in [0.717, 1.165) is 11.1 Å². The minimum absolute atomic E-state index is 0.105. The van der Waals surface area contributed by atoms with Gasteiger partial charge in [0.05, 0.1) is 17.2 Å². The van der Waals surface area contributed by atoms with Crippen LogP contribution in [0.5, 0.6) is 11.5 Å². The van der Waals surface area contributed by atoms with Gasteiger partial charge in [0, 0.05) is 13.1 Å². The molecule has 2 N–H and O–H groups in total. The second-order valence-corrected chi connectivity index (χ2v) is 6.92. The summed E-state index contributed by atoms with van der Waals surface area (Å²) >= 11 is 12.1. The minimum Gasteiger partial charge on any atom is -0.494 e. The topological polar surface area (TPSA) is 76.7 Å². The van der Waals surface area contributed by atoms with E-state index in [2.05, 4.69) is 10.6 Å². The first-order valence-corrected chi connectivity index (χ1v) is 9.36. The number of aryl methyl sites for hydroxylation is 2. The van der Waals surface area contributed by atoms with Crippen LogP contribution in [-0.2, 0) is 4.79 Å². The predicted octanol–water partition coefficient (Wildman–Crippen LogP) is 3.54. The largest absolute Gasteiger partial charge is 0.494 e. The second kappa shape index (κ2) is 10.2. The fourth-order valence-electron chi connectivity index (χ4n) is 2.57. The Bertz CT molecular complexity index is 872. The molecule has 2 aromatic carbocycles. The number of hydrogen-bond donors (Lipinski definition) is 2. The standard InChI is InChI=1S/C20H22Cl2N2O4/c1-12-4-7-16(13(2)10-12)28-11-17(25)23-8-9-24-20(26)18-14(21)5-6-15(22)19(18)27-3/h4-7,10H,8-9,11H2,1-3H3,(H,23,25)(H,24,26). The molecule has 0 aliphatic heterocycles. The summed E-state index contributed by atoms with van der Waals surface area (Å²) in [6, 6.07) is 8.81. The van der Waals surface area contributed by atoms with Crippen molar-refractivity contribution in [1.29, 1.82) is 0 Å². The third kappa shape index (κ3) is 5.78. The van der Waals surface area contributed by atoms with Crippen LogP contribution >= 0.6 is 23.2 Å². The van der Waals surface area contributed by atoms with Crippen molar-refractivity contribution in [3.63, 3.8) is 0 Å². The van der Waals surface area contributed by atoms with Gasteiger partial charge < -0.3 is 20.1 Å². The molecule has 0 heterocycles. The highest BCUT2D eigenvalue weighted by Crippen LogP contribution is 2.33. The highest BCUT2D eigenvalue weighted by Gasteiger charge is 2.19. The average Bonchev–Trinajstić information content (AvgIpc) is 2.65. The highest BCUT2D eigenvalue weighted by atomic mass is 35.5. The van der Waals surface area contributed by atoms with Gasteiger partial charge in [-0.15, -0.1) is 0 Å². The summed E-state index contributed by atoms with van der Waals surface area (Å²) in [5.74, 6) is 0.145. The zero-order valence-corrected chi connectivity index (χ0v) is 17.4. The third-order valence-electron chi connectivity index (χ3n) is 3.91. The van der Waals surface area contributed by atoms with Gasteiger partial charge in [-0.3, -0.25) is 9.59 Å². The van der Waals surface area contributed by atoms with Crippen LogP contribution in [0.15, 0.2) is 30.3 Å². The number of nitrogens with one attached hydrogen (secondary N) is 2. The van der Waals surface area contributed by atoms with Crippen molar-refractivity contribution in [1.82, 2.24) is 10.6 Å².